The Bertz CT molecular complexity index is 110. The molecule has 1 unspecified atom stereocenters. The van der Waals surface area contributed by atoms with Gasteiger partial charge in [-0.3, -0.25) is 4.90 Å². The van der Waals surface area contributed by atoms with Crippen LogP contribution in [0.25, 0.3) is 0 Å². The van der Waals surface area contributed by atoms with E-state index in [1.54, 1.807) is 6.04 Å². The van der Waals surface area contributed by atoms with Crippen molar-refractivity contribution in [3.8, 4) is 0 Å². The Kier molecular flexibility index (Phi) is 1.66. The van der Waals surface area contributed by atoms with Crippen LogP contribution in [-0.4, -0.2) is 31.1 Å². The summed E-state index contributed by atoms with van der Waals surface area (Å²) >= 11 is 0. The molecular weight excluding hydrogens is 124 g/mol. The predicted molar refractivity (Wildman–Crippen MR) is 41.5 cm³/mol. The molecule has 2 aliphatic rings. The van der Waals surface area contributed by atoms with E-state index in [4.69, 9.17) is 0 Å². The molecule has 0 aromatic rings. The van der Waals surface area contributed by atoms with E-state index in [0.29, 0.717) is 0 Å². The van der Waals surface area contributed by atoms with Crippen molar-refractivity contribution in [3.05, 3.63) is 6.04 Å². The first-order valence-electron chi connectivity index (χ1n) is 4.16. The number of likely N-dealkylation sites (N-methyl/N-ethyl adjacent to an activating group) is 1. The van der Waals surface area contributed by atoms with E-state index in [-0.39, 0.29) is 0 Å². The molecule has 0 saturated carbocycles. The number of hydrogen-bond acceptors (Lipinski definition) is 2. The van der Waals surface area contributed by atoms with Gasteiger partial charge < -0.3 is 5.32 Å². The van der Waals surface area contributed by atoms with Crippen molar-refractivity contribution in [2.24, 2.45) is 0 Å². The largest absolute Gasteiger partial charge is 0.315 e. The van der Waals surface area contributed by atoms with Gasteiger partial charge in [0.15, 0.2) is 0 Å². The van der Waals surface area contributed by atoms with Crippen LogP contribution in [-0.2, 0) is 0 Å². The van der Waals surface area contributed by atoms with Crippen molar-refractivity contribution in [2.75, 3.05) is 20.1 Å². The van der Waals surface area contributed by atoms with E-state index in [1.165, 1.54) is 25.8 Å². The maximum atomic E-state index is 3.43. The molecule has 1 radical (unpaired) electrons. The standard InChI is InChI=1S/C8H15N2/c1-10-7-2-3-8(10)6-9-5-4-7/h7,9H,2-6H2,1H3. The van der Waals surface area contributed by atoms with Crippen LogP contribution in [0.5, 0.6) is 0 Å². The number of nitrogens with zero attached hydrogens (tertiary/aromatic N) is 1. The zero-order valence-electron chi connectivity index (χ0n) is 6.56. The molecule has 0 aromatic heterocycles. The topological polar surface area (TPSA) is 15.3 Å². The third-order valence-corrected chi connectivity index (χ3v) is 2.80. The lowest BCUT2D eigenvalue weighted by Crippen LogP contribution is -2.27. The van der Waals surface area contributed by atoms with Crippen molar-refractivity contribution in [1.29, 1.82) is 0 Å². The van der Waals surface area contributed by atoms with Crippen LogP contribution in [0.1, 0.15) is 19.3 Å². The summed E-state index contributed by atoms with van der Waals surface area (Å²) in [7, 11) is 2.24. The molecule has 0 amide bonds. The first-order chi connectivity index (χ1) is 4.88. The Morgan fingerprint density at radius 3 is 3.30 bits per heavy atom. The molecule has 1 N–H and O–H groups in total. The lowest BCUT2D eigenvalue weighted by atomic mass is 10.1. The van der Waals surface area contributed by atoms with Crippen molar-refractivity contribution < 1.29 is 0 Å². The molecular formula is C8H15N2. The predicted octanol–water partition coefficient (Wildman–Crippen LogP) is 0.606. The minimum absolute atomic E-state index is 0.852. The summed E-state index contributed by atoms with van der Waals surface area (Å²) < 4.78 is 0. The highest BCUT2D eigenvalue weighted by Crippen LogP contribution is 2.30. The molecule has 0 aromatic carbocycles. The summed E-state index contributed by atoms with van der Waals surface area (Å²) in [6, 6.07) is 2.47. The van der Waals surface area contributed by atoms with Crippen LogP contribution in [0.2, 0.25) is 0 Å². The van der Waals surface area contributed by atoms with E-state index in [0.717, 1.165) is 12.6 Å². The van der Waals surface area contributed by atoms with Gasteiger partial charge in [-0.15, -0.1) is 0 Å². The van der Waals surface area contributed by atoms with E-state index in [2.05, 4.69) is 17.3 Å². The van der Waals surface area contributed by atoms with Crippen LogP contribution >= 0.6 is 0 Å². The van der Waals surface area contributed by atoms with Crippen LogP contribution in [0, 0.1) is 6.04 Å². The van der Waals surface area contributed by atoms with Crippen LogP contribution < -0.4 is 5.32 Å². The van der Waals surface area contributed by atoms with E-state index in [1.807, 2.05) is 0 Å². The van der Waals surface area contributed by atoms with Gasteiger partial charge in [-0.2, -0.15) is 0 Å². The first-order valence-corrected chi connectivity index (χ1v) is 4.16. The average molecular weight is 139 g/mol. The fourth-order valence-corrected chi connectivity index (χ4v) is 2.01. The Labute approximate surface area is 62.6 Å². The highest BCUT2D eigenvalue weighted by molar-refractivity contribution is 5.02. The van der Waals surface area contributed by atoms with Gasteiger partial charge in [0.2, 0.25) is 0 Å². The van der Waals surface area contributed by atoms with Crippen LogP contribution in [0.4, 0.5) is 0 Å². The number of rotatable bonds is 0. The highest BCUT2D eigenvalue weighted by Gasteiger charge is 2.32. The third kappa shape index (κ3) is 0.956. The smallest absolute Gasteiger partial charge is 0.0530 e. The van der Waals surface area contributed by atoms with E-state index in [9.17, 15) is 0 Å². The lowest BCUT2D eigenvalue weighted by Gasteiger charge is -2.20. The van der Waals surface area contributed by atoms with Gasteiger partial charge >= 0.3 is 0 Å². The van der Waals surface area contributed by atoms with Gasteiger partial charge in [0.25, 0.3) is 0 Å². The Morgan fingerprint density at radius 1 is 1.50 bits per heavy atom. The SMILES string of the molecule is CN1[C]2CCC1CCNC2. The minimum atomic E-state index is 0.852. The summed E-state index contributed by atoms with van der Waals surface area (Å²) in [6.45, 7) is 2.34. The third-order valence-electron chi connectivity index (χ3n) is 2.80. The molecule has 10 heavy (non-hydrogen) atoms. The molecule has 2 fully saturated rings. The maximum Gasteiger partial charge on any atom is 0.0530 e. The summed E-state index contributed by atoms with van der Waals surface area (Å²) in [5.41, 5.74) is 0. The second-order valence-corrected chi connectivity index (χ2v) is 3.34. The van der Waals surface area contributed by atoms with Gasteiger partial charge in [0.1, 0.15) is 0 Å². The first kappa shape index (κ1) is 6.62. The van der Waals surface area contributed by atoms with E-state index < -0.39 is 0 Å². The lowest BCUT2D eigenvalue weighted by molar-refractivity contribution is 0.314. The van der Waals surface area contributed by atoms with Crippen LogP contribution in [0.3, 0.4) is 0 Å². The zero-order chi connectivity index (χ0) is 6.97. The number of fused-ring (bicyclic) bond motifs is 2. The fourth-order valence-electron chi connectivity index (χ4n) is 2.01. The monoisotopic (exact) mass is 139 g/mol. The van der Waals surface area contributed by atoms with E-state index >= 15 is 0 Å². The van der Waals surface area contributed by atoms with Gasteiger partial charge in [0.05, 0.1) is 6.04 Å². The molecule has 2 heterocycles. The Morgan fingerprint density at radius 2 is 2.40 bits per heavy atom. The second-order valence-electron chi connectivity index (χ2n) is 3.34. The molecule has 0 aliphatic carbocycles. The molecule has 1 atom stereocenters. The normalized spacial score (nSPS) is 36.3. The summed E-state index contributed by atoms with van der Waals surface area (Å²) in [5, 5.41) is 3.43. The van der Waals surface area contributed by atoms with Crippen molar-refractivity contribution in [2.45, 2.75) is 25.3 Å². The summed E-state index contributed by atoms with van der Waals surface area (Å²) in [4.78, 5) is 2.47. The number of nitrogens with one attached hydrogen (secondary N) is 1. The van der Waals surface area contributed by atoms with Gasteiger partial charge in [-0.25, -0.2) is 0 Å². The molecule has 2 heteroatoms. The Hall–Kier alpha value is -0.0800. The average Bonchev–Trinajstić information content (AvgIpc) is 2.06. The molecule has 0 spiro atoms. The van der Waals surface area contributed by atoms with Gasteiger partial charge in [0, 0.05) is 12.6 Å². The molecule has 2 bridgehead atoms. The van der Waals surface area contributed by atoms with Crippen molar-refractivity contribution in [1.82, 2.24) is 10.2 Å². The van der Waals surface area contributed by atoms with Crippen molar-refractivity contribution >= 4 is 0 Å². The number of hydrogen-bond donors (Lipinski definition) is 1. The molecule has 2 saturated heterocycles. The van der Waals surface area contributed by atoms with Gasteiger partial charge in [-0.1, -0.05) is 0 Å². The van der Waals surface area contributed by atoms with Crippen LogP contribution in [0.15, 0.2) is 0 Å². The van der Waals surface area contributed by atoms with Crippen molar-refractivity contribution in [3.63, 3.8) is 0 Å². The quantitative estimate of drug-likeness (QED) is 0.529. The molecule has 2 aliphatic heterocycles. The molecule has 2 rings (SSSR count). The second kappa shape index (κ2) is 2.51. The summed E-state index contributed by atoms with van der Waals surface area (Å²) in [5.74, 6) is 0. The highest BCUT2D eigenvalue weighted by atomic mass is 15.2. The molecule has 2 nitrogen and oxygen atoms in total. The summed E-state index contributed by atoms with van der Waals surface area (Å²) in [6.07, 6.45) is 4.06. The fraction of sp³-hybridized carbons (Fsp3) is 0.875. The minimum Gasteiger partial charge on any atom is -0.315 e. The van der Waals surface area contributed by atoms with Gasteiger partial charge in [-0.05, 0) is 32.9 Å². The zero-order valence-corrected chi connectivity index (χ0v) is 6.56. The Balaban J connectivity index is 2.07. The molecule has 57 valence electrons. The maximum absolute atomic E-state index is 3.43.